The van der Waals surface area contributed by atoms with Crippen molar-refractivity contribution in [3.63, 3.8) is 0 Å². The van der Waals surface area contributed by atoms with Crippen molar-refractivity contribution in [2.75, 3.05) is 5.33 Å². The molecule has 0 aliphatic heterocycles. The molecule has 0 aromatic heterocycles. The van der Waals surface area contributed by atoms with Crippen molar-refractivity contribution in [2.24, 2.45) is 5.41 Å². The van der Waals surface area contributed by atoms with Crippen LogP contribution in [0.15, 0.2) is 22.7 Å². The predicted molar refractivity (Wildman–Crippen MR) is 83.8 cm³/mol. The van der Waals surface area contributed by atoms with Gasteiger partial charge in [-0.2, -0.15) is 0 Å². The van der Waals surface area contributed by atoms with Crippen LogP contribution in [-0.4, -0.2) is 5.33 Å². The van der Waals surface area contributed by atoms with Gasteiger partial charge in [0.2, 0.25) is 0 Å². The number of unbranched alkanes of at least 4 members (excludes halogenated alkanes) is 1. The second kappa shape index (κ2) is 7.64. The molecule has 0 saturated heterocycles. The van der Waals surface area contributed by atoms with Gasteiger partial charge in [0.15, 0.2) is 0 Å². The van der Waals surface area contributed by atoms with Crippen molar-refractivity contribution >= 4 is 31.9 Å². The first-order chi connectivity index (χ1) is 8.56. The van der Waals surface area contributed by atoms with E-state index in [1.165, 1.54) is 12.8 Å². The zero-order valence-electron chi connectivity index (χ0n) is 11.1. The number of alkyl halides is 1. The lowest BCUT2D eigenvalue weighted by Gasteiger charge is -2.31. The van der Waals surface area contributed by atoms with Crippen LogP contribution in [0.2, 0.25) is 0 Å². The molecule has 3 heteroatoms. The molecule has 0 heterocycles. The molecule has 1 aromatic rings. The van der Waals surface area contributed by atoms with Gasteiger partial charge in [-0.3, -0.25) is 0 Å². The Morgan fingerprint density at radius 2 is 2.00 bits per heavy atom. The van der Waals surface area contributed by atoms with E-state index in [1.807, 2.05) is 6.07 Å². The Labute approximate surface area is 127 Å². The molecule has 0 spiro atoms. The third kappa shape index (κ3) is 4.34. The highest BCUT2D eigenvalue weighted by molar-refractivity contribution is 9.10. The van der Waals surface area contributed by atoms with Gasteiger partial charge in [0.1, 0.15) is 5.82 Å². The summed E-state index contributed by atoms with van der Waals surface area (Å²) in [6.45, 7) is 4.40. The second-order valence-corrected chi connectivity index (χ2v) is 6.48. The van der Waals surface area contributed by atoms with Crippen molar-refractivity contribution in [1.29, 1.82) is 0 Å². The number of hydrogen-bond acceptors (Lipinski definition) is 0. The van der Waals surface area contributed by atoms with Gasteiger partial charge in [0, 0.05) is 9.80 Å². The van der Waals surface area contributed by atoms with Crippen LogP contribution in [0.3, 0.4) is 0 Å². The fourth-order valence-corrected chi connectivity index (χ4v) is 3.52. The van der Waals surface area contributed by atoms with Crippen LogP contribution in [0.25, 0.3) is 0 Å². The molecule has 1 rings (SSSR count). The van der Waals surface area contributed by atoms with E-state index in [-0.39, 0.29) is 11.2 Å². The van der Waals surface area contributed by atoms with Gasteiger partial charge in [-0.1, -0.05) is 58.5 Å². The van der Waals surface area contributed by atoms with E-state index in [0.717, 1.165) is 34.6 Å². The van der Waals surface area contributed by atoms with E-state index >= 15 is 0 Å². The zero-order valence-corrected chi connectivity index (χ0v) is 14.3. The minimum absolute atomic E-state index is 0.0894. The number of hydrogen-bond donors (Lipinski definition) is 0. The SMILES string of the molecule is CCCCC(CC)(CBr)Cc1cc(Br)ccc1F. The molecular weight excluding hydrogens is 359 g/mol. The van der Waals surface area contributed by atoms with Gasteiger partial charge < -0.3 is 0 Å². The summed E-state index contributed by atoms with van der Waals surface area (Å²) in [5.41, 5.74) is 0.999. The smallest absolute Gasteiger partial charge is 0.126 e. The maximum absolute atomic E-state index is 13.9. The lowest BCUT2D eigenvalue weighted by molar-refractivity contribution is 0.280. The van der Waals surface area contributed by atoms with E-state index in [0.29, 0.717) is 0 Å². The van der Waals surface area contributed by atoms with E-state index in [1.54, 1.807) is 12.1 Å². The Bertz CT molecular complexity index is 373. The Kier molecular flexibility index (Phi) is 6.86. The van der Waals surface area contributed by atoms with Gasteiger partial charge in [0.05, 0.1) is 0 Å². The lowest BCUT2D eigenvalue weighted by atomic mass is 9.77. The summed E-state index contributed by atoms with van der Waals surface area (Å²) >= 11 is 7.05. The standard InChI is InChI=1S/C15H21Br2F/c1-3-5-8-15(4-2,11-16)10-12-9-13(17)6-7-14(12)18/h6-7,9H,3-5,8,10-11H2,1-2H3. The van der Waals surface area contributed by atoms with Crippen molar-refractivity contribution in [3.8, 4) is 0 Å². The fraction of sp³-hybridized carbons (Fsp3) is 0.600. The molecule has 0 saturated carbocycles. The van der Waals surface area contributed by atoms with Crippen LogP contribution in [0.4, 0.5) is 4.39 Å². The Morgan fingerprint density at radius 1 is 1.28 bits per heavy atom. The Morgan fingerprint density at radius 3 is 2.56 bits per heavy atom. The van der Waals surface area contributed by atoms with Crippen LogP contribution in [0, 0.1) is 11.2 Å². The summed E-state index contributed by atoms with van der Waals surface area (Å²) < 4.78 is 14.8. The van der Waals surface area contributed by atoms with Gasteiger partial charge in [-0.05, 0) is 48.4 Å². The average molecular weight is 380 g/mol. The molecule has 1 atom stereocenters. The maximum atomic E-state index is 13.9. The molecule has 0 amide bonds. The molecule has 102 valence electrons. The molecule has 0 aliphatic rings. The topological polar surface area (TPSA) is 0 Å². The number of rotatable bonds is 7. The molecule has 0 nitrogen and oxygen atoms in total. The first-order valence-corrected chi connectivity index (χ1v) is 8.48. The summed E-state index contributed by atoms with van der Waals surface area (Å²) in [5, 5.41) is 0.933. The third-order valence-corrected chi connectivity index (χ3v) is 5.35. The predicted octanol–water partition coefficient (Wildman–Crippen LogP) is 6.11. The number of benzene rings is 1. The van der Waals surface area contributed by atoms with E-state index in [4.69, 9.17) is 0 Å². The number of halogens is 3. The molecule has 0 N–H and O–H groups in total. The Balaban J connectivity index is 2.91. The molecule has 1 unspecified atom stereocenters. The summed E-state index contributed by atoms with van der Waals surface area (Å²) in [7, 11) is 0. The van der Waals surface area contributed by atoms with Gasteiger partial charge in [-0.25, -0.2) is 4.39 Å². The first-order valence-electron chi connectivity index (χ1n) is 6.57. The first kappa shape index (κ1) is 16.2. The molecule has 0 aliphatic carbocycles. The molecule has 18 heavy (non-hydrogen) atoms. The molecule has 0 fully saturated rings. The highest BCUT2D eigenvalue weighted by Crippen LogP contribution is 2.36. The molecular formula is C15H21Br2F. The van der Waals surface area contributed by atoms with Crippen molar-refractivity contribution in [3.05, 3.63) is 34.1 Å². The second-order valence-electron chi connectivity index (χ2n) is 5.00. The Hall–Kier alpha value is 0.110. The fourth-order valence-electron chi connectivity index (χ4n) is 2.23. The minimum atomic E-state index is -0.0894. The molecule has 1 aromatic carbocycles. The van der Waals surface area contributed by atoms with E-state index in [9.17, 15) is 4.39 Å². The van der Waals surface area contributed by atoms with E-state index in [2.05, 4.69) is 45.7 Å². The third-order valence-electron chi connectivity index (χ3n) is 3.67. The van der Waals surface area contributed by atoms with Gasteiger partial charge >= 0.3 is 0 Å². The summed E-state index contributed by atoms with van der Waals surface area (Å²) in [6, 6.07) is 5.22. The monoisotopic (exact) mass is 378 g/mol. The lowest BCUT2D eigenvalue weighted by Crippen LogP contribution is -2.25. The molecule has 0 bridgehead atoms. The summed E-state index contributed by atoms with van der Waals surface area (Å²) in [5.74, 6) is -0.0894. The quantitative estimate of drug-likeness (QED) is 0.501. The van der Waals surface area contributed by atoms with Crippen LogP contribution >= 0.6 is 31.9 Å². The van der Waals surface area contributed by atoms with Crippen LogP contribution in [-0.2, 0) is 6.42 Å². The van der Waals surface area contributed by atoms with Crippen LogP contribution in [0.1, 0.15) is 45.1 Å². The summed E-state index contributed by atoms with van der Waals surface area (Å²) in [4.78, 5) is 0. The van der Waals surface area contributed by atoms with E-state index < -0.39 is 0 Å². The zero-order chi connectivity index (χ0) is 13.6. The van der Waals surface area contributed by atoms with Gasteiger partial charge in [0.25, 0.3) is 0 Å². The van der Waals surface area contributed by atoms with Gasteiger partial charge in [-0.15, -0.1) is 0 Å². The normalized spacial score (nSPS) is 14.5. The van der Waals surface area contributed by atoms with Crippen molar-refractivity contribution < 1.29 is 4.39 Å². The minimum Gasteiger partial charge on any atom is -0.207 e. The van der Waals surface area contributed by atoms with Crippen LogP contribution < -0.4 is 0 Å². The highest BCUT2D eigenvalue weighted by atomic mass is 79.9. The summed E-state index contributed by atoms with van der Waals surface area (Å²) in [6.07, 6.45) is 5.42. The molecule has 0 radical (unpaired) electrons. The maximum Gasteiger partial charge on any atom is 0.126 e. The van der Waals surface area contributed by atoms with Crippen LogP contribution in [0.5, 0.6) is 0 Å². The average Bonchev–Trinajstić information content (AvgIpc) is 2.39. The van der Waals surface area contributed by atoms with Crippen molar-refractivity contribution in [2.45, 2.75) is 46.0 Å². The van der Waals surface area contributed by atoms with Crippen molar-refractivity contribution in [1.82, 2.24) is 0 Å². The highest BCUT2D eigenvalue weighted by Gasteiger charge is 2.27. The largest absolute Gasteiger partial charge is 0.207 e.